The Hall–Kier alpha value is -3.84. The Balaban J connectivity index is 1.40. The number of nitrogens with zero attached hydrogens (tertiary/aromatic N) is 1. The zero-order valence-corrected chi connectivity index (χ0v) is 19.3. The maximum Gasteiger partial charge on any atom is 0.253 e. The van der Waals surface area contributed by atoms with Crippen molar-refractivity contribution < 1.29 is 19.1 Å². The quantitative estimate of drug-likeness (QED) is 0.532. The topological polar surface area (TPSA) is 87.7 Å². The van der Waals surface area contributed by atoms with Gasteiger partial charge in [0.15, 0.2) is 0 Å². The van der Waals surface area contributed by atoms with Gasteiger partial charge in [0.2, 0.25) is 11.8 Å². The molecule has 8 heteroatoms. The summed E-state index contributed by atoms with van der Waals surface area (Å²) in [4.78, 5) is 39.9. The van der Waals surface area contributed by atoms with Crippen molar-refractivity contribution in [2.24, 2.45) is 5.92 Å². The molecule has 1 aliphatic rings. The zero-order valence-electron chi connectivity index (χ0n) is 18.6. The fourth-order valence-corrected chi connectivity index (χ4v) is 3.93. The van der Waals surface area contributed by atoms with Gasteiger partial charge in [-0.2, -0.15) is 0 Å². The Kier molecular flexibility index (Phi) is 7.13. The second-order valence-corrected chi connectivity index (χ2v) is 8.38. The fraction of sp³-hybridized carbons (Fsp3) is 0.192. The fourth-order valence-electron chi connectivity index (χ4n) is 3.80. The highest BCUT2D eigenvalue weighted by Crippen LogP contribution is 2.27. The molecule has 0 aromatic heterocycles. The predicted octanol–water partition coefficient (Wildman–Crippen LogP) is 4.27. The number of hydrogen-bond donors (Lipinski definition) is 2. The van der Waals surface area contributed by atoms with Crippen LogP contribution in [-0.4, -0.2) is 31.4 Å². The maximum atomic E-state index is 13.0. The highest BCUT2D eigenvalue weighted by molar-refractivity contribution is 6.30. The second kappa shape index (κ2) is 10.4. The third kappa shape index (κ3) is 5.38. The number of ether oxygens (including phenoxy) is 1. The van der Waals surface area contributed by atoms with E-state index < -0.39 is 5.92 Å². The summed E-state index contributed by atoms with van der Waals surface area (Å²) in [5.74, 6) is -0.535. The number of para-hydroxylation sites is 1. The van der Waals surface area contributed by atoms with Crippen LogP contribution in [0.3, 0.4) is 0 Å². The smallest absolute Gasteiger partial charge is 0.253 e. The van der Waals surface area contributed by atoms with E-state index in [0.717, 1.165) is 11.3 Å². The summed E-state index contributed by atoms with van der Waals surface area (Å²) in [5.41, 5.74) is 2.37. The molecule has 3 aromatic carbocycles. The van der Waals surface area contributed by atoms with Crippen LogP contribution in [0.4, 0.5) is 11.4 Å². The number of amides is 3. The molecule has 0 bridgehead atoms. The lowest BCUT2D eigenvalue weighted by Gasteiger charge is -2.17. The van der Waals surface area contributed by atoms with Gasteiger partial charge >= 0.3 is 0 Å². The number of hydrogen-bond acceptors (Lipinski definition) is 4. The molecule has 0 spiro atoms. The van der Waals surface area contributed by atoms with Crippen LogP contribution in [0.5, 0.6) is 5.75 Å². The molecular formula is C26H24ClN3O4. The van der Waals surface area contributed by atoms with Crippen LogP contribution in [0.25, 0.3) is 0 Å². The van der Waals surface area contributed by atoms with Crippen molar-refractivity contribution in [3.63, 3.8) is 0 Å². The van der Waals surface area contributed by atoms with Crippen molar-refractivity contribution in [3.8, 4) is 5.75 Å². The molecule has 1 aliphatic heterocycles. The van der Waals surface area contributed by atoms with Gasteiger partial charge in [-0.3, -0.25) is 14.4 Å². The summed E-state index contributed by atoms with van der Waals surface area (Å²) < 4.78 is 5.15. The third-order valence-corrected chi connectivity index (χ3v) is 5.93. The van der Waals surface area contributed by atoms with E-state index in [1.165, 1.54) is 0 Å². The van der Waals surface area contributed by atoms with E-state index >= 15 is 0 Å². The lowest BCUT2D eigenvalue weighted by Crippen LogP contribution is -2.29. The largest absolute Gasteiger partial charge is 0.497 e. The molecular weight excluding hydrogens is 454 g/mol. The van der Waals surface area contributed by atoms with Crippen molar-refractivity contribution in [1.29, 1.82) is 0 Å². The summed E-state index contributed by atoms with van der Waals surface area (Å²) >= 11 is 5.93. The lowest BCUT2D eigenvalue weighted by atomic mass is 10.1. The van der Waals surface area contributed by atoms with Gasteiger partial charge < -0.3 is 20.3 Å². The van der Waals surface area contributed by atoms with E-state index in [2.05, 4.69) is 10.6 Å². The second-order valence-electron chi connectivity index (χ2n) is 7.95. The van der Waals surface area contributed by atoms with Gasteiger partial charge in [-0.05, 0) is 54.1 Å². The van der Waals surface area contributed by atoms with Crippen LogP contribution in [0, 0.1) is 5.92 Å². The molecule has 1 atom stereocenters. The van der Waals surface area contributed by atoms with Gasteiger partial charge in [0, 0.05) is 30.2 Å². The summed E-state index contributed by atoms with van der Waals surface area (Å²) in [6.45, 7) is 0.594. The first kappa shape index (κ1) is 23.3. The van der Waals surface area contributed by atoms with E-state index in [9.17, 15) is 14.4 Å². The minimum absolute atomic E-state index is 0.0975. The summed E-state index contributed by atoms with van der Waals surface area (Å²) in [5, 5.41) is 6.28. The number of carbonyl (C=O) groups excluding carboxylic acids is 3. The molecule has 34 heavy (non-hydrogen) atoms. The van der Waals surface area contributed by atoms with Crippen molar-refractivity contribution in [2.45, 2.75) is 13.0 Å². The first-order valence-electron chi connectivity index (χ1n) is 10.8. The van der Waals surface area contributed by atoms with Gasteiger partial charge in [-0.1, -0.05) is 35.9 Å². The van der Waals surface area contributed by atoms with E-state index in [-0.39, 0.29) is 30.7 Å². The molecule has 4 rings (SSSR count). The van der Waals surface area contributed by atoms with Crippen molar-refractivity contribution >= 4 is 40.7 Å². The zero-order chi connectivity index (χ0) is 24.1. The minimum Gasteiger partial charge on any atom is -0.497 e. The van der Waals surface area contributed by atoms with E-state index in [0.29, 0.717) is 28.5 Å². The molecule has 1 heterocycles. The molecule has 0 radical (unpaired) electrons. The molecule has 1 saturated heterocycles. The SMILES string of the molecule is COc1ccc(CNC(=O)c2ccccc2NC(=O)[C@@H]2CC(=O)N(c3ccc(Cl)cc3)C2)cc1. The standard InChI is InChI=1S/C26H24ClN3O4/c1-34-21-12-6-17(7-13-21)15-28-26(33)22-4-2-3-5-23(22)29-25(32)18-14-24(31)30(16-18)20-10-8-19(27)9-11-20/h2-13,18H,14-16H2,1H3,(H,28,33)(H,29,32)/t18-/m1/s1. The van der Waals surface area contributed by atoms with E-state index in [4.69, 9.17) is 16.3 Å². The van der Waals surface area contributed by atoms with Gasteiger partial charge in [-0.25, -0.2) is 0 Å². The van der Waals surface area contributed by atoms with Gasteiger partial charge in [0.25, 0.3) is 5.91 Å². The minimum atomic E-state index is -0.529. The van der Waals surface area contributed by atoms with E-state index in [1.807, 2.05) is 24.3 Å². The first-order chi connectivity index (χ1) is 16.4. The normalized spacial score (nSPS) is 15.2. The molecule has 0 saturated carbocycles. The van der Waals surface area contributed by atoms with Gasteiger partial charge in [0.1, 0.15) is 5.75 Å². The number of rotatable bonds is 7. The highest BCUT2D eigenvalue weighted by Gasteiger charge is 2.35. The Morgan fingerprint density at radius 1 is 1.03 bits per heavy atom. The van der Waals surface area contributed by atoms with Crippen LogP contribution >= 0.6 is 11.6 Å². The van der Waals surface area contributed by atoms with E-state index in [1.54, 1.807) is 60.5 Å². The van der Waals surface area contributed by atoms with Crippen LogP contribution in [0.2, 0.25) is 5.02 Å². The Labute approximate surface area is 202 Å². The number of nitrogens with one attached hydrogen (secondary N) is 2. The predicted molar refractivity (Wildman–Crippen MR) is 131 cm³/mol. The third-order valence-electron chi connectivity index (χ3n) is 5.68. The summed E-state index contributed by atoms with van der Waals surface area (Å²) in [6, 6.07) is 21.1. The average Bonchev–Trinajstić information content (AvgIpc) is 3.25. The Morgan fingerprint density at radius 3 is 2.44 bits per heavy atom. The first-order valence-corrected chi connectivity index (χ1v) is 11.2. The summed E-state index contributed by atoms with van der Waals surface area (Å²) in [6.07, 6.45) is 0.0975. The lowest BCUT2D eigenvalue weighted by molar-refractivity contribution is -0.122. The molecule has 0 unspecified atom stereocenters. The molecule has 3 amide bonds. The molecule has 7 nitrogen and oxygen atoms in total. The van der Waals surface area contributed by atoms with Gasteiger partial charge in [-0.15, -0.1) is 0 Å². The molecule has 3 aromatic rings. The number of anilines is 2. The molecule has 2 N–H and O–H groups in total. The van der Waals surface area contributed by atoms with Crippen LogP contribution in [0.15, 0.2) is 72.8 Å². The number of carbonyl (C=O) groups is 3. The maximum absolute atomic E-state index is 13.0. The number of halogens is 1. The monoisotopic (exact) mass is 477 g/mol. The highest BCUT2D eigenvalue weighted by atomic mass is 35.5. The average molecular weight is 478 g/mol. The van der Waals surface area contributed by atoms with Crippen molar-refractivity contribution in [1.82, 2.24) is 5.32 Å². The van der Waals surface area contributed by atoms with Gasteiger partial charge in [0.05, 0.1) is 24.3 Å². The van der Waals surface area contributed by atoms with Crippen LogP contribution < -0.4 is 20.3 Å². The van der Waals surface area contributed by atoms with Crippen molar-refractivity contribution in [3.05, 3.63) is 88.9 Å². The van der Waals surface area contributed by atoms with Crippen LogP contribution in [-0.2, 0) is 16.1 Å². The molecule has 174 valence electrons. The van der Waals surface area contributed by atoms with Crippen molar-refractivity contribution in [2.75, 3.05) is 23.9 Å². The molecule has 1 fully saturated rings. The molecule has 0 aliphatic carbocycles. The number of methoxy groups -OCH3 is 1. The summed E-state index contributed by atoms with van der Waals surface area (Å²) in [7, 11) is 1.60. The Morgan fingerprint density at radius 2 is 1.74 bits per heavy atom. The van der Waals surface area contributed by atoms with Crippen LogP contribution in [0.1, 0.15) is 22.3 Å². The number of benzene rings is 3. The Bertz CT molecular complexity index is 1200.